The van der Waals surface area contributed by atoms with Gasteiger partial charge in [0.15, 0.2) is 0 Å². The van der Waals surface area contributed by atoms with Crippen molar-refractivity contribution in [2.45, 2.75) is 71.0 Å². The number of benzene rings is 3. The van der Waals surface area contributed by atoms with E-state index >= 15 is 0 Å². The molecule has 0 fully saturated rings. The predicted octanol–water partition coefficient (Wildman–Crippen LogP) is 5.36. The van der Waals surface area contributed by atoms with E-state index in [-0.39, 0.29) is 23.0 Å². The normalized spacial score (nSPS) is 12.5. The van der Waals surface area contributed by atoms with Gasteiger partial charge >= 0.3 is 0 Å². The van der Waals surface area contributed by atoms with E-state index in [2.05, 4.69) is 5.32 Å². The molecule has 40 heavy (non-hydrogen) atoms. The first-order valence-corrected chi connectivity index (χ1v) is 14.7. The van der Waals surface area contributed by atoms with E-state index in [9.17, 15) is 22.4 Å². The fourth-order valence-corrected chi connectivity index (χ4v) is 5.73. The lowest BCUT2D eigenvalue weighted by Gasteiger charge is -2.35. The average Bonchev–Trinajstić information content (AvgIpc) is 2.88. The largest absolute Gasteiger partial charge is 0.350 e. The van der Waals surface area contributed by atoms with E-state index in [1.807, 2.05) is 65.8 Å². The van der Waals surface area contributed by atoms with Gasteiger partial charge in [-0.2, -0.15) is 0 Å². The molecule has 3 aromatic rings. The van der Waals surface area contributed by atoms with Gasteiger partial charge in [-0.25, -0.2) is 12.8 Å². The Bertz CT molecular complexity index is 1430. The summed E-state index contributed by atoms with van der Waals surface area (Å²) in [5.41, 5.74) is 2.26. The molecule has 0 aliphatic rings. The van der Waals surface area contributed by atoms with E-state index in [0.29, 0.717) is 6.42 Å². The van der Waals surface area contributed by atoms with E-state index < -0.39 is 39.9 Å². The summed E-state index contributed by atoms with van der Waals surface area (Å²) in [5.74, 6) is -1.42. The summed E-state index contributed by atoms with van der Waals surface area (Å²) < 4.78 is 42.4. The summed E-state index contributed by atoms with van der Waals surface area (Å²) in [6, 6.07) is 17.9. The second kappa shape index (κ2) is 12.6. The zero-order valence-electron chi connectivity index (χ0n) is 23.9. The quantitative estimate of drug-likeness (QED) is 0.357. The van der Waals surface area contributed by atoms with Crippen LogP contribution < -0.4 is 9.62 Å². The molecule has 0 heterocycles. The van der Waals surface area contributed by atoms with Crippen LogP contribution in [0, 0.1) is 19.7 Å². The summed E-state index contributed by atoms with van der Waals surface area (Å²) in [7, 11) is -4.21. The maximum absolute atomic E-state index is 14.1. The summed E-state index contributed by atoms with van der Waals surface area (Å²) in [6.45, 7) is 10.7. The Hall–Kier alpha value is -3.72. The van der Waals surface area contributed by atoms with Gasteiger partial charge in [0, 0.05) is 12.1 Å². The monoisotopic (exact) mass is 567 g/mol. The van der Waals surface area contributed by atoms with Gasteiger partial charge in [-0.3, -0.25) is 13.9 Å². The van der Waals surface area contributed by atoms with E-state index in [1.54, 1.807) is 12.1 Å². The van der Waals surface area contributed by atoms with Crippen LogP contribution in [0.15, 0.2) is 77.7 Å². The second-order valence-corrected chi connectivity index (χ2v) is 12.8. The first kappa shape index (κ1) is 30.8. The maximum atomic E-state index is 14.1. The van der Waals surface area contributed by atoms with Crippen LogP contribution in [-0.2, 0) is 26.2 Å². The first-order chi connectivity index (χ1) is 18.7. The van der Waals surface area contributed by atoms with Gasteiger partial charge in [0.25, 0.3) is 10.0 Å². The number of amides is 2. The van der Waals surface area contributed by atoms with Gasteiger partial charge < -0.3 is 10.2 Å². The highest BCUT2D eigenvalue weighted by molar-refractivity contribution is 7.92. The molecule has 2 amide bonds. The molecule has 0 aliphatic carbocycles. The Kier molecular flexibility index (Phi) is 9.73. The van der Waals surface area contributed by atoms with E-state index in [4.69, 9.17) is 0 Å². The third kappa shape index (κ3) is 7.69. The zero-order valence-corrected chi connectivity index (χ0v) is 24.8. The van der Waals surface area contributed by atoms with Crippen LogP contribution in [0.25, 0.3) is 0 Å². The topological polar surface area (TPSA) is 86.8 Å². The van der Waals surface area contributed by atoms with Crippen molar-refractivity contribution in [1.82, 2.24) is 10.2 Å². The van der Waals surface area contributed by atoms with Crippen LogP contribution in [0.5, 0.6) is 0 Å². The fraction of sp³-hybridized carbons (Fsp3) is 0.355. The molecular weight excluding hydrogens is 529 g/mol. The number of halogens is 1. The average molecular weight is 568 g/mol. The standard InChI is InChI=1S/C31H38FN3O4S/c1-7-28(30(37)33-31(4,5)6)34(20-24-11-9-8-10-23(24)3)29(36)21-35(26-16-14-25(32)15-17-26)40(38,39)27-18-12-22(2)13-19-27/h8-19,28H,7,20-21H2,1-6H3,(H,33,37)/t28-/m1/s1. The minimum absolute atomic E-state index is 0.00167. The van der Waals surface area contributed by atoms with Gasteiger partial charge in [0.05, 0.1) is 10.6 Å². The molecule has 0 radical (unpaired) electrons. The highest BCUT2D eigenvalue weighted by Gasteiger charge is 2.34. The predicted molar refractivity (Wildman–Crippen MR) is 156 cm³/mol. The number of anilines is 1. The van der Waals surface area contributed by atoms with Crippen molar-refractivity contribution in [1.29, 1.82) is 0 Å². The number of hydrogen-bond acceptors (Lipinski definition) is 4. The number of sulfonamides is 1. The van der Waals surface area contributed by atoms with Crippen molar-refractivity contribution in [3.05, 3.63) is 95.3 Å². The molecule has 1 N–H and O–H groups in total. The molecule has 3 rings (SSSR count). The van der Waals surface area contributed by atoms with Gasteiger partial charge in [-0.05, 0) is 88.6 Å². The molecule has 9 heteroatoms. The molecule has 0 saturated carbocycles. The van der Waals surface area contributed by atoms with Gasteiger partial charge in [0.2, 0.25) is 11.8 Å². The summed E-state index contributed by atoms with van der Waals surface area (Å²) in [5, 5.41) is 2.95. The van der Waals surface area contributed by atoms with Crippen LogP contribution in [0.4, 0.5) is 10.1 Å². The van der Waals surface area contributed by atoms with Gasteiger partial charge in [0.1, 0.15) is 18.4 Å². The Labute approximate surface area is 237 Å². The van der Waals surface area contributed by atoms with Crippen LogP contribution in [0.1, 0.15) is 50.8 Å². The summed E-state index contributed by atoms with van der Waals surface area (Å²) >= 11 is 0. The Balaban J connectivity index is 2.08. The summed E-state index contributed by atoms with van der Waals surface area (Å²) in [6.07, 6.45) is 0.320. The van der Waals surface area contributed by atoms with Crippen molar-refractivity contribution in [3.63, 3.8) is 0 Å². The molecule has 0 spiro atoms. The molecule has 3 aromatic carbocycles. The highest BCUT2D eigenvalue weighted by atomic mass is 32.2. The number of rotatable bonds is 10. The minimum Gasteiger partial charge on any atom is -0.350 e. The van der Waals surface area contributed by atoms with Crippen molar-refractivity contribution in [2.24, 2.45) is 0 Å². The third-order valence-electron chi connectivity index (χ3n) is 6.49. The summed E-state index contributed by atoms with van der Waals surface area (Å²) in [4.78, 5) is 28.9. The molecule has 214 valence electrons. The van der Waals surface area contributed by atoms with Crippen molar-refractivity contribution in [3.8, 4) is 0 Å². The lowest BCUT2D eigenvalue weighted by molar-refractivity contribution is -0.141. The molecule has 7 nitrogen and oxygen atoms in total. The van der Waals surface area contributed by atoms with Crippen molar-refractivity contribution >= 4 is 27.5 Å². The van der Waals surface area contributed by atoms with Gasteiger partial charge in [-0.1, -0.05) is 48.9 Å². The molecule has 0 saturated heterocycles. The number of aryl methyl sites for hydroxylation is 2. The molecule has 1 atom stereocenters. The van der Waals surface area contributed by atoms with Gasteiger partial charge in [-0.15, -0.1) is 0 Å². The maximum Gasteiger partial charge on any atom is 0.264 e. The van der Waals surface area contributed by atoms with Crippen molar-refractivity contribution in [2.75, 3.05) is 10.8 Å². The van der Waals surface area contributed by atoms with Crippen LogP contribution in [0.2, 0.25) is 0 Å². The highest BCUT2D eigenvalue weighted by Crippen LogP contribution is 2.26. The number of nitrogens with one attached hydrogen (secondary N) is 1. The second-order valence-electron chi connectivity index (χ2n) is 10.9. The van der Waals surface area contributed by atoms with E-state index in [0.717, 1.165) is 33.1 Å². The molecule has 0 aromatic heterocycles. The first-order valence-electron chi connectivity index (χ1n) is 13.2. The Morgan fingerprint density at radius 2 is 1.52 bits per heavy atom. The minimum atomic E-state index is -4.21. The number of nitrogens with zero attached hydrogens (tertiary/aromatic N) is 2. The number of carbonyl (C=O) groups excluding carboxylic acids is 2. The Morgan fingerprint density at radius 1 is 0.925 bits per heavy atom. The van der Waals surface area contributed by atoms with Crippen molar-refractivity contribution < 1.29 is 22.4 Å². The molecule has 0 aliphatic heterocycles. The Morgan fingerprint density at radius 3 is 2.08 bits per heavy atom. The zero-order chi connectivity index (χ0) is 29.7. The SMILES string of the molecule is CC[C@H](C(=O)NC(C)(C)C)N(Cc1ccccc1C)C(=O)CN(c1ccc(F)cc1)S(=O)(=O)c1ccc(C)cc1. The lowest BCUT2D eigenvalue weighted by atomic mass is 10.0. The smallest absolute Gasteiger partial charge is 0.264 e. The number of carbonyl (C=O) groups is 2. The third-order valence-corrected chi connectivity index (χ3v) is 8.28. The molecule has 0 unspecified atom stereocenters. The van der Waals surface area contributed by atoms with Crippen LogP contribution in [0.3, 0.4) is 0 Å². The lowest BCUT2D eigenvalue weighted by Crippen LogP contribution is -2.55. The fourth-order valence-electron chi connectivity index (χ4n) is 4.32. The van der Waals surface area contributed by atoms with E-state index in [1.165, 1.54) is 29.2 Å². The van der Waals surface area contributed by atoms with Crippen LogP contribution in [-0.4, -0.2) is 43.3 Å². The van der Waals surface area contributed by atoms with Crippen LogP contribution >= 0.6 is 0 Å². The number of hydrogen-bond donors (Lipinski definition) is 1. The molecule has 0 bridgehead atoms. The molecular formula is C31H38FN3O4S.